The van der Waals surface area contributed by atoms with Crippen LogP contribution in [-0.4, -0.2) is 28.2 Å². The lowest BCUT2D eigenvalue weighted by molar-refractivity contribution is -0.384. The van der Waals surface area contributed by atoms with E-state index in [1.54, 1.807) is 18.3 Å². The lowest BCUT2D eigenvalue weighted by atomic mass is 10.1. The number of aliphatic hydroxyl groups is 1. The van der Waals surface area contributed by atoms with Crippen molar-refractivity contribution in [3.05, 3.63) is 64.0 Å². The van der Waals surface area contributed by atoms with Crippen LogP contribution in [0.2, 0.25) is 0 Å². The van der Waals surface area contributed by atoms with Gasteiger partial charge in [-0.15, -0.1) is 0 Å². The molecule has 6 heteroatoms. The molecular weight excluding hydrogens is 284 g/mol. The zero-order valence-electron chi connectivity index (χ0n) is 12.3. The van der Waals surface area contributed by atoms with E-state index < -0.39 is 4.92 Å². The van der Waals surface area contributed by atoms with E-state index in [1.807, 2.05) is 12.1 Å². The molecule has 1 atom stereocenters. The fourth-order valence-electron chi connectivity index (χ4n) is 1.98. The molecule has 1 aromatic heterocycles. The Morgan fingerprint density at radius 1 is 1.27 bits per heavy atom. The van der Waals surface area contributed by atoms with Crippen LogP contribution < -0.4 is 4.74 Å². The van der Waals surface area contributed by atoms with Gasteiger partial charge in [-0.05, 0) is 30.2 Å². The van der Waals surface area contributed by atoms with Crippen molar-refractivity contribution in [1.82, 2.24) is 4.98 Å². The maximum absolute atomic E-state index is 10.6. The minimum Gasteiger partial charge on any atom is -0.493 e. The van der Waals surface area contributed by atoms with Crippen molar-refractivity contribution in [2.75, 3.05) is 13.2 Å². The van der Waals surface area contributed by atoms with Gasteiger partial charge in [0.2, 0.25) is 0 Å². The van der Waals surface area contributed by atoms with E-state index in [9.17, 15) is 15.2 Å². The molecule has 0 saturated heterocycles. The Hall–Kier alpha value is -2.47. The van der Waals surface area contributed by atoms with Crippen LogP contribution in [0.3, 0.4) is 0 Å². The van der Waals surface area contributed by atoms with E-state index in [0.717, 1.165) is 17.7 Å². The quantitative estimate of drug-likeness (QED) is 0.628. The Bertz CT molecular complexity index is 611. The van der Waals surface area contributed by atoms with Crippen molar-refractivity contribution < 1.29 is 14.8 Å². The van der Waals surface area contributed by atoms with Crippen molar-refractivity contribution in [2.45, 2.75) is 19.3 Å². The van der Waals surface area contributed by atoms with Crippen molar-refractivity contribution in [3.63, 3.8) is 0 Å². The number of aromatic nitrogens is 1. The molecule has 0 spiro atoms. The topological polar surface area (TPSA) is 85.5 Å². The predicted octanol–water partition coefficient (Wildman–Crippen LogP) is 2.71. The van der Waals surface area contributed by atoms with Crippen molar-refractivity contribution in [2.24, 2.45) is 0 Å². The minimum atomic E-state index is -0.459. The summed E-state index contributed by atoms with van der Waals surface area (Å²) in [5, 5.41) is 20.1. The predicted molar refractivity (Wildman–Crippen MR) is 82.0 cm³/mol. The van der Waals surface area contributed by atoms with E-state index in [1.165, 1.54) is 12.1 Å². The van der Waals surface area contributed by atoms with E-state index >= 15 is 0 Å². The van der Waals surface area contributed by atoms with Gasteiger partial charge in [0, 0.05) is 24.0 Å². The Labute approximate surface area is 128 Å². The zero-order chi connectivity index (χ0) is 15.9. The Morgan fingerprint density at radius 2 is 2.00 bits per heavy atom. The number of hydrogen-bond donors (Lipinski definition) is 1. The second-order valence-corrected chi connectivity index (χ2v) is 4.89. The van der Waals surface area contributed by atoms with Crippen LogP contribution >= 0.6 is 0 Å². The molecule has 0 saturated carbocycles. The van der Waals surface area contributed by atoms with Crippen LogP contribution in [0.1, 0.15) is 24.1 Å². The third kappa shape index (κ3) is 4.02. The highest BCUT2D eigenvalue weighted by Crippen LogP contribution is 2.20. The van der Waals surface area contributed by atoms with Gasteiger partial charge in [-0.3, -0.25) is 15.1 Å². The van der Waals surface area contributed by atoms with Gasteiger partial charge in [-0.2, -0.15) is 0 Å². The molecule has 116 valence electrons. The number of nitrogens with zero attached hydrogens (tertiary/aromatic N) is 2. The van der Waals surface area contributed by atoms with Crippen LogP contribution in [0.15, 0.2) is 42.6 Å². The summed E-state index contributed by atoms with van der Waals surface area (Å²) in [4.78, 5) is 14.5. The van der Waals surface area contributed by atoms with Gasteiger partial charge >= 0.3 is 0 Å². The maximum atomic E-state index is 10.6. The first-order valence-electron chi connectivity index (χ1n) is 7.07. The fraction of sp³-hybridized carbons (Fsp3) is 0.312. The smallest absolute Gasteiger partial charge is 0.269 e. The molecule has 0 aliphatic heterocycles. The largest absolute Gasteiger partial charge is 0.493 e. The van der Waals surface area contributed by atoms with Crippen molar-refractivity contribution in [1.29, 1.82) is 0 Å². The van der Waals surface area contributed by atoms with E-state index in [2.05, 4.69) is 11.9 Å². The number of rotatable bonds is 7. The summed E-state index contributed by atoms with van der Waals surface area (Å²) in [6.45, 7) is 2.23. The van der Waals surface area contributed by atoms with Crippen LogP contribution in [-0.2, 0) is 6.42 Å². The lowest BCUT2D eigenvalue weighted by Crippen LogP contribution is -2.15. The molecule has 1 N–H and O–H groups in total. The molecule has 0 radical (unpaired) electrons. The molecule has 2 aromatic rings. The number of hydrogen-bond acceptors (Lipinski definition) is 5. The van der Waals surface area contributed by atoms with Crippen LogP contribution in [0.5, 0.6) is 5.75 Å². The Balaban J connectivity index is 1.99. The Kier molecular flexibility index (Phi) is 5.43. The summed E-state index contributed by atoms with van der Waals surface area (Å²) in [6.07, 6.45) is 2.71. The minimum absolute atomic E-state index is 0.0166. The summed E-state index contributed by atoms with van der Waals surface area (Å²) >= 11 is 0. The zero-order valence-corrected chi connectivity index (χ0v) is 12.3. The van der Waals surface area contributed by atoms with Crippen LogP contribution in [0, 0.1) is 10.1 Å². The molecule has 0 aliphatic carbocycles. The molecule has 0 bridgehead atoms. The summed E-state index contributed by atoms with van der Waals surface area (Å²) in [6, 6.07) is 9.73. The van der Waals surface area contributed by atoms with Crippen molar-refractivity contribution in [3.8, 4) is 5.75 Å². The molecule has 2 rings (SSSR count). The third-order valence-corrected chi connectivity index (χ3v) is 3.39. The molecule has 1 heterocycles. The first kappa shape index (κ1) is 15.9. The van der Waals surface area contributed by atoms with Gasteiger partial charge in [-0.1, -0.05) is 13.0 Å². The highest BCUT2D eigenvalue weighted by molar-refractivity contribution is 5.36. The second kappa shape index (κ2) is 7.51. The molecule has 0 aliphatic rings. The standard InChI is InChI=1S/C16H18N2O4/c1-2-12-3-8-16(17-9-12)13(10-19)11-22-15-6-4-14(5-7-15)18(20)21/h3-9,13,19H,2,10-11H2,1H3. The van der Waals surface area contributed by atoms with E-state index in [4.69, 9.17) is 4.74 Å². The summed E-state index contributed by atoms with van der Waals surface area (Å²) in [5.41, 5.74) is 1.92. The summed E-state index contributed by atoms with van der Waals surface area (Å²) < 4.78 is 5.58. The third-order valence-electron chi connectivity index (χ3n) is 3.39. The first-order valence-corrected chi connectivity index (χ1v) is 7.07. The lowest BCUT2D eigenvalue weighted by Gasteiger charge is -2.15. The molecule has 0 fully saturated rings. The average Bonchev–Trinajstić information content (AvgIpc) is 2.56. The number of benzene rings is 1. The van der Waals surface area contributed by atoms with Gasteiger partial charge in [0.25, 0.3) is 5.69 Å². The first-order chi connectivity index (χ1) is 10.6. The second-order valence-electron chi connectivity index (χ2n) is 4.89. The number of aliphatic hydroxyl groups excluding tert-OH is 1. The summed E-state index contributed by atoms with van der Waals surface area (Å²) in [7, 11) is 0. The van der Waals surface area contributed by atoms with Crippen LogP contribution in [0.25, 0.3) is 0 Å². The van der Waals surface area contributed by atoms with E-state index in [-0.39, 0.29) is 24.8 Å². The number of non-ortho nitro benzene ring substituents is 1. The van der Waals surface area contributed by atoms with E-state index in [0.29, 0.717) is 5.75 Å². The van der Waals surface area contributed by atoms with Gasteiger partial charge in [-0.25, -0.2) is 0 Å². The maximum Gasteiger partial charge on any atom is 0.269 e. The van der Waals surface area contributed by atoms with Gasteiger partial charge in [0.1, 0.15) is 5.75 Å². The highest BCUT2D eigenvalue weighted by Gasteiger charge is 2.13. The SMILES string of the molecule is CCc1ccc(C(CO)COc2ccc([N+](=O)[O-])cc2)nc1. The highest BCUT2D eigenvalue weighted by atomic mass is 16.6. The van der Waals surface area contributed by atoms with Gasteiger partial charge in [0.05, 0.1) is 24.1 Å². The number of nitro groups is 1. The number of ether oxygens (including phenoxy) is 1. The Morgan fingerprint density at radius 3 is 2.50 bits per heavy atom. The molecule has 6 nitrogen and oxygen atoms in total. The molecule has 1 unspecified atom stereocenters. The van der Waals surface area contributed by atoms with Crippen LogP contribution in [0.4, 0.5) is 5.69 Å². The number of pyridine rings is 1. The molecule has 1 aromatic carbocycles. The number of aryl methyl sites for hydroxylation is 1. The monoisotopic (exact) mass is 302 g/mol. The fourth-order valence-corrected chi connectivity index (χ4v) is 1.98. The molecule has 22 heavy (non-hydrogen) atoms. The normalized spacial score (nSPS) is 11.9. The number of nitro benzene ring substituents is 1. The average molecular weight is 302 g/mol. The molecular formula is C16H18N2O4. The molecule has 0 amide bonds. The summed E-state index contributed by atoms with van der Waals surface area (Å²) in [5.74, 6) is 0.287. The van der Waals surface area contributed by atoms with Crippen molar-refractivity contribution >= 4 is 5.69 Å². The van der Waals surface area contributed by atoms with Gasteiger partial charge < -0.3 is 9.84 Å². The van der Waals surface area contributed by atoms with Gasteiger partial charge in [0.15, 0.2) is 0 Å².